The van der Waals surface area contributed by atoms with E-state index in [1.165, 1.54) is 5.56 Å². The Balaban J connectivity index is 2.12. The molecule has 0 fully saturated rings. The summed E-state index contributed by atoms with van der Waals surface area (Å²) in [7, 11) is 0. The molecule has 0 aromatic carbocycles. The monoisotopic (exact) mass is 204 g/mol. The SMILES string of the molecule is CC(C)NCCC=CCc1ccncc1. The summed E-state index contributed by atoms with van der Waals surface area (Å²) in [6.07, 6.45) is 10.2. The number of nitrogens with one attached hydrogen (secondary N) is 1. The van der Waals surface area contributed by atoms with Gasteiger partial charge in [0.25, 0.3) is 0 Å². The van der Waals surface area contributed by atoms with E-state index in [-0.39, 0.29) is 0 Å². The van der Waals surface area contributed by atoms with Crippen LogP contribution in [0, 0.1) is 0 Å². The number of aromatic nitrogens is 1. The lowest BCUT2D eigenvalue weighted by Gasteiger charge is -2.04. The minimum Gasteiger partial charge on any atom is -0.314 e. The zero-order valence-corrected chi connectivity index (χ0v) is 9.61. The molecule has 0 aliphatic rings. The van der Waals surface area contributed by atoms with Crippen LogP contribution in [0.25, 0.3) is 0 Å². The van der Waals surface area contributed by atoms with Gasteiger partial charge in [0.2, 0.25) is 0 Å². The largest absolute Gasteiger partial charge is 0.314 e. The molecule has 0 saturated carbocycles. The zero-order valence-electron chi connectivity index (χ0n) is 9.61. The van der Waals surface area contributed by atoms with E-state index in [4.69, 9.17) is 0 Å². The van der Waals surface area contributed by atoms with Gasteiger partial charge in [0.15, 0.2) is 0 Å². The Hall–Kier alpha value is -1.15. The fourth-order valence-electron chi connectivity index (χ4n) is 1.31. The second-order valence-corrected chi connectivity index (χ2v) is 3.93. The molecule has 2 heteroatoms. The van der Waals surface area contributed by atoms with E-state index in [9.17, 15) is 0 Å². The van der Waals surface area contributed by atoms with E-state index in [2.05, 4.69) is 48.4 Å². The highest BCUT2D eigenvalue weighted by atomic mass is 14.9. The molecule has 0 spiro atoms. The van der Waals surface area contributed by atoms with Crippen molar-refractivity contribution in [3.05, 3.63) is 42.2 Å². The zero-order chi connectivity index (χ0) is 10.9. The first-order valence-corrected chi connectivity index (χ1v) is 5.56. The topological polar surface area (TPSA) is 24.9 Å². The van der Waals surface area contributed by atoms with Crippen LogP contribution < -0.4 is 5.32 Å². The van der Waals surface area contributed by atoms with Crippen LogP contribution in [0.15, 0.2) is 36.7 Å². The van der Waals surface area contributed by atoms with E-state index >= 15 is 0 Å². The van der Waals surface area contributed by atoms with Crippen LogP contribution >= 0.6 is 0 Å². The van der Waals surface area contributed by atoms with E-state index in [1.807, 2.05) is 12.4 Å². The van der Waals surface area contributed by atoms with Crippen LogP contribution in [0.4, 0.5) is 0 Å². The van der Waals surface area contributed by atoms with Gasteiger partial charge in [-0.2, -0.15) is 0 Å². The number of pyridine rings is 1. The minimum absolute atomic E-state index is 0.582. The summed E-state index contributed by atoms with van der Waals surface area (Å²) in [4.78, 5) is 3.99. The molecule has 1 rings (SSSR count). The Labute approximate surface area is 92.4 Å². The van der Waals surface area contributed by atoms with Crippen molar-refractivity contribution in [2.75, 3.05) is 6.54 Å². The summed E-state index contributed by atoms with van der Waals surface area (Å²) in [5.74, 6) is 0. The standard InChI is InChI=1S/C13H20N2/c1-12(2)15-9-5-3-4-6-13-7-10-14-11-8-13/h3-4,7-8,10-12,15H,5-6,9H2,1-2H3. The molecule has 1 heterocycles. The van der Waals surface area contributed by atoms with Crippen molar-refractivity contribution in [3.8, 4) is 0 Å². The predicted octanol–water partition coefficient (Wildman–Crippen LogP) is 2.57. The van der Waals surface area contributed by atoms with Crippen LogP contribution in [-0.4, -0.2) is 17.6 Å². The summed E-state index contributed by atoms with van der Waals surface area (Å²) in [6.45, 7) is 5.39. The predicted molar refractivity (Wildman–Crippen MR) is 64.8 cm³/mol. The molecular weight excluding hydrogens is 184 g/mol. The molecule has 82 valence electrons. The van der Waals surface area contributed by atoms with Gasteiger partial charge in [-0.05, 0) is 37.1 Å². The van der Waals surface area contributed by atoms with Crippen LogP contribution in [0.2, 0.25) is 0 Å². The van der Waals surface area contributed by atoms with Gasteiger partial charge in [-0.1, -0.05) is 26.0 Å². The van der Waals surface area contributed by atoms with Crippen molar-refractivity contribution in [1.29, 1.82) is 0 Å². The van der Waals surface area contributed by atoms with E-state index in [1.54, 1.807) is 0 Å². The minimum atomic E-state index is 0.582. The van der Waals surface area contributed by atoms with Crippen LogP contribution in [0.1, 0.15) is 25.8 Å². The fourth-order valence-corrected chi connectivity index (χ4v) is 1.31. The molecule has 0 saturated heterocycles. The van der Waals surface area contributed by atoms with Gasteiger partial charge in [-0.3, -0.25) is 4.98 Å². The van der Waals surface area contributed by atoms with Gasteiger partial charge < -0.3 is 5.32 Å². The maximum absolute atomic E-state index is 3.99. The quantitative estimate of drug-likeness (QED) is 0.569. The lowest BCUT2D eigenvalue weighted by Crippen LogP contribution is -2.23. The molecule has 0 aliphatic carbocycles. The van der Waals surface area contributed by atoms with Crippen molar-refractivity contribution in [2.24, 2.45) is 0 Å². The van der Waals surface area contributed by atoms with Crippen molar-refractivity contribution >= 4 is 0 Å². The average molecular weight is 204 g/mol. The lowest BCUT2D eigenvalue weighted by molar-refractivity contribution is 0.594. The molecule has 0 bridgehead atoms. The molecule has 1 aromatic rings. The number of hydrogen-bond acceptors (Lipinski definition) is 2. The fraction of sp³-hybridized carbons (Fsp3) is 0.462. The summed E-state index contributed by atoms with van der Waals surface area (Å²) in [6, 6.07) is 4.69. The summed E-state index contributed by atoms with van der Waals surface area (Å²) in [5, 5.41) is 3.38. The molecule has 0 aliphatic heterocycles. The molecule has 2 nitrogen and oxygen atoms in total. The maximum Gasteiger partial charge on any atom is 0.0270 e. The molecule has 0 unspecified atom stereocenters. The van der Waals surface area contributed by atoms with E-state index in [0.717, 1.165) is 19.4 Å². The maximum atomic E-state index is 3.99. The summed E-state index contributed by atoms with van der Waals surface area (Å²) >= 11 is 0. The Morgan fingerprint density at radius 3 is 2.67 bits per heavy atom. The third-order valence-electron chi connectivity index (χ3n) is 2.13. The summed E-state index contributed by atoms with van der Waals surface area (Å²) < 4.78 is 0. The Kier molecular flexibility index (Phi) is 5.71. The average Bonchev–Trinajstić information content (AvgIpc) is 2.24. The van der Waals surface area contributed by atoms with Crippen molar-refractivity contribution < 1.29 is 0 Å². The molecule has 0 atom stereocenters. The third kappa shape index (κ3) is 6.02. The van der Waals surface area contributed by atoms with Crippen LogP contribution in [0.3, 0.4) is 0 Å². The molecule has 0 amide bonds. The number of nitrogens with zero attached hydrogens (tertiary/aromatic N) is 1. The van der Waals surface area contributed by atoms with Crippen molar-refractivity contribution in [1.82, 2.24) is 10.3 Å². The first-order valence-electron chi connectivity index (χ1n) is 5.56. The third-order valence-corrected chi connectivity index (χ3v) is 2.13. The molecule has 1 aromatic heterocycles. The van der Waals surface area contributed by atoms with Gasteiger partial charge in [0.05, 0.1) is 0 Å². The highest BCUT2D eigenvalue weighted by molar-refractivity contribution is 5.13. The Morgan fingerprint density at radius 2 is 2.00 bits per heavy atom. The van der Waals surface area contributed by atoms with E-state index < -0.39 is 0 Å². The van der Waals surface area contributed by atoms with Gasteiger partial charge in [0.1, 0.15) is 0 Å². The molecule has 0 radical (unpaired) electrons. The Bertz CT molecular complexity index is 278. The van der Waals surface area contributed by atoms with E-state index in [0.29, 0.717) is 6.04 Å². The van der Waals surface area contributed by atoms with Gasteiger partial charge in [0, 0.05) is 18.4 Å². The van der Waals surface area contributed by atoms with Crippen LogP contribution in [0.5, 0.6) is 0 Å². The first kappa shape index (κ1) is 11.9. The van der Waals surface area contributed by atoms with Gasteiger partial charge >= 0.3 is 0 Å². The molecular formula is C13H20N2. The van der Waals surface area contributed by atoms with Crippen molar-refractivity contribution in [3.63, 3.8) is 0 Å². The number of rotatable bonds is 6. The Morgan fingerprint density at radius 1 is 1.27 bits per heavy atom. The normalized spacial score (nSPS) is 11.4. The lowest BCUT2D eigenvalue weighted by atomic mass is 10.2. The van der Waals surface area contributed by atoms with Crippen LogP contribution in [-0.2, 0) is 6.42 Å². The first-order chi connectivity index (χ1) is 7.29. The highest BCUT2D eigenvalue weighted by Gasteiger charge is 1.89. The van der Waals surface area contributed by atoms with Gasteiger partial charge in [-0.15, -0.1) is 0 Å². The second-order valence-electron chi connectivity index (χ2n) is 3.93. The molecule has 1 N–H and O–H groups in total. The smallest absolute Gasteiger partial charge is 0.0270 e. The second kappa shape index (κ2) is 7.18. The number of hydrogen-bond donors (Lipinski definition) is 1. The molecule has 15 heavy (non-hydrogen) atoms. The van der Waals surface area contributed by atoms with Crippen molar-refractivity contribution in [2.45, 2.75) is 32.7 Å². The summed E-state index contributed by atoms with van der Waals surface area (Å²) in [5.41, 5.74) is 1.32. The van der Waals surface area contributed by atoms with Gasteiger partial charge in [-0.25, -0.2) is 0 Å². The number of allylic oxidation sites excluding steroid dienone is 1. The highest BCUT2D eigenvalue weighted by Crippen LogP contribution is 1.98.